The second kappa shape index (κ2) is 5.13. The van der Waals surface area contributed by atoms with E-state index in [1.165, 1.54) is 10.9 Å². The molecule has 92 valence electrons. The van der Waals surface area contributed by atoms with Gasteiger partial charge in [0, 0.05) is 18.8 Å². The molecule has 6 nitrogen and oxygen atoms in total. The van der Waals surface area contributed by atoms with Gasteiger partial charge in [-0.2, -0.15) is 10.2 Å². The van der Waals surface area contributed by atoms with Crippen molar-refractivity contribution in [3.63, 3.8) is 0 Å². The van der Waals surface area contributed by atoms with Gasteiger partial charge in [-0.05, 0) is 18.2 Å². The maximum absolute atomic E-state index is 11.6. The van der Waals surface area contributed by atoms with Crippen LogP contribution >= 0.6 is 0 Å². The summed E-state index contributed by atoms with van der Waals surface area (Å²) in [5.74, 6) is -0.296. The Kier molecular flexibility index (Phi) is 3.38. The highest BCUT2D eigenvalue weighted by atomic mass is 16.3. The molecule has 0 fully saturated rings. The van der Waals surface area contributed by atoms with Gasteiger partial charge in [-0.1, -0.05) is 12.1 Å². The number of carbonyl (C=O) groups excluding carboxylic acids is 1. The van der Waals surface area contributed by atoms with Crippen molar-refractivity contribution in [3.8, 4) is 5.75 Å². The van der Waals surface area contributed by atoms with Gasteiger partial charge in [0.1, 0.15) is 5.75 Å². The summed E-state index contributed by atoms with van der Waals surface area (Å²) in [6, 6.07) is 8.29. The van der Waals surface area contributed by atoms with Gasteiger partial charge in [-0.3, -0.25) is 9.48 Å². The predicted molar refractivity (Wildman–Crippen MR) is 66.4 cm³/mol. The molecule has 2 aromatic rings. The van der Waals surface area contributed by atoms with Gasteiger partial charge in [0.05, 0.1) is 6.21 Å². The topological polar surface area (TPSA) is 79.5 Å². The molecular weight excluding hydrogens is 232 g/mol. The normalized spacial score (nSPS) is 10.7. The van der Waals surface area contributed by atoms with E-state index in [2.05, 4.69) is 15.6 Å². The lowest BCUT2D eigenvalue weighted by Gasteiger charge is -1.97. The summed E-state index contributed by atoms with van der Waals surface area (Å²) in [7, 11) is 1.72. The quantitative estimate of drug-likeness (QED) is 0.621. The fraction of sp³-hybridized carbons (Fsp3) is 0.0833. The lowest BCUT2D eigenvalue weighted by atomic mass is 10.2. The standard InChI is InChI=1S/C12H12N4O2/c1-16-7-6-10(15-16)12(18)14-13-8-9-4-2-3-5-11(9)17/h2-8,17H,1H3,(H,14,18)/b13-8+. The Morgan fingerprint density at radius 1 is 1.44 bits per heavy atom. The van der Waals surface area contributed by atoms with Gasteiger partial charge in [0.2, 0.25) is 0 Å². The minimum atomic E-state index is -0.401. The first kappa shape index (κ1) is 11.8. The van der Waals surface area contributed by atoms with Gasteiger partial charge in [-0.25, -0.2) is 5.43 Å². The highest BCUT2D eigenvalue weighted by Crippen LogP contribution is 2.12. The number of nitrogens with zero attached hydrogens (tertiary/aromatic N) is 3. The summed E-state index contributed by atoms with van der Waals surface area (Å²) in [4.78, 5) is 11.6. The monoisotopic (exact) mass is 244 g/mol. The van der Waals surface area contributed by atoms with Crippen LogP contribution in [0.3, 0.4) is 0 Å². The molecule has 1 aromatic carbocycles. The zero-order valence-corrected chi connectivity index (χ0v) is 9.74. The first-order chi connectivity index (χ1) is 8.66. The molecule has 0 saturated heterocycles. The van der Waals surface area contributed by atoms with Gasteiger partial charge < -0.3 is 5.11 Å². The van der Waals surface area contributed by atoms with E-state index < -0.39 is 5.91 Å². The molecule has 0 aliphatic carbocycles. The SMILES string of the molecule is Cn1ccc(C(=O)N/N=C/c2ccccc2O)n1. The van der Waals surface area contributed by atoms with Crippen molar-refractivity contribution in [1.29, 1.82) is 0 Å². The molecule has 1 aromatic heterocycles. The number of phenolic OH excluding ortho intramolecular Hbond substituents is 1. The number of rotatable bonds is 3. The second-order valence-electron chi connectivity index (χ2n) is 3.63. The lowest BCUT2D eigenvalue weighted by molar-refractivity contribution is 0.0949. The molecule has 1 amide bonds. The number of hydrogen-bond acceptors (Lipinski definition) is 4. The lowest BCUT2D eigenvalue weighted by Crippen LogP contribution is -2.18. The summed E-state index contributed by atoms with van der Waals surface area (Å²) < 4.78 is 1.53. The van der Waals surface area contributed by atoms with E-state index in [9.17, 15) is 9.90 Å². The van der Waals surface area contributed by atoms with Crippen molar-refractivity contribution in [2.24, 2.45) is 12.1 Å². The van der Waals surface area contributed by atoms with Crippen molar-refractivity contribution in [2.75, 3.05) is 0 Å². The molecule has 2 rings (SSSR count). The molecule has 18 heavy (non-hydrogen) atoms. The third-order valence-corrected chi connectivity index (χ3v) is 2.25. The largest absolute Gasteiger partial charge is 0.507 e. The average Bonchev–Trinajstić information content (AvgIpc) is 2.78. The van der Waals surface area contributed by atoms with E-state index in [0.717, 1.165) is 0 Å². The predicted octanol–water partition coefficient (Wildman–Crippen LogP) is 0.890. The Balaban J connectivity index is 2.00. The molecule has 0 atom stereocenters. The van der Waals surface area contributed by atoms with Crippen LogP contribution in [0.5, 0.6) is 5.75 Å². The van der Waals surface area contributed by atoms with E-state index >= 15 is 0 Å². The van der Waals surface area contributed by atoms with Gasteiger partial charge in [-0.15, -0.1) is 0 Å². The summed E-state index contributed by atoms with van der Waals surface area (Å²) in [5, 5.41) is 17.2. The van der Waals surface area contributed by atoms with Crippen LogP contribution in [0.15, 0.2) is 41.6 Å². The van der Waals surface area contributed by atoms with Crippen LogP contribution < -0.4 is 5.43 Å². The molecular formula is C12H12N4O2. The van der Waals surface area contributed by atoms with E-state index in [-0.39, 0.29) is 11.4 Å². The minimum Gasteiger partial charge on any atom is -0.507 e. The minimum absolute atomic E-state index is 0.105. The maximum Gasteiger partial charge on any atom is 0.291 e. The van der Waals surface area contributed by atoms with Crippen molar-refractivity contribution >= 4 is 12.1 Å². The number of para-hydroxylation sites is 1. The van der Waals surface area contributed by atoms with E-state index in [4.69, 9.17) is 0 Å². The third-order valence-electron chi connectivity index (χ3n) is 2.25. The first-order valence-corrected chi connectivity index (χ1v) is 5.28. The van der Waals surface area contributed by atoms with Crippen molar-refractivity contribution in [1.82, 2.24) is 15.2 Å². The number of hydrazone groups is 1. The fourth-order valence-electron chi connectivity index (χ4n) is 1.35. The number of hydrogen-bond donors (Lipinski definition) is 2. The number of aromatic nitrogens is 2. The molecule has 0 radical (unpaired) electrons. The number of nitrogens with one attached hydrogen (secondary N) is 1. The number of benzene rings is 1. The molecule has 6 heteroatoms. The van der Waals surface area contributed by atoms with Gasteiger partial charge >= 0.3 is 0 Å². The zero-order valence-electron chi connectivity index (χ0n) is 9.74. The van der Waals surface area contributed by atoms with Crippen molar-refractivity contribution < 1.29 is 9.90 Å². The molecule has 0 saturated carbocycles. The first-order valence-electron chi connectivity index (χ1n) is 5.28. The Labute approximate surface area is 104 Å². The fourth-order valence-corrected chi connectivity index (χ4v) is 1.35. The molecule has 2 N–H and O–H groups in total. The number of carbonyl (C=O) groups is 1. The highest BCUT2D eigenvalue weighted by Gasteiger charge is 2.06. The number of aromatic hydroxyl groups is 1. The number of amides is 1. The average molecular weight is 244 g/mol. The van der Waals surface area contributed by atoms with E-state index in [0.29, 0.717) is 5.56 Å². The van der Waals surface area contributed by atoms with Gasteiger partial charge in [0.25, 0.3) is 5.91 Å². The van der Waals surface area contributed by atoms with Crippen LogP contribution in [0, 0.1) is 0 Å². The summed E-state index contributed by atoms with van der Waals surface area (Å²) in [5.41, 5.74) is 3.14. The van der Waals surface area contributed by atoms with Crippen molar-refractivity contribution in [2.45, 2.75) is 0 Å². The number of aryl methyl sites for hydroxylation is 1. The van der Waals surface area contributed by atoms with Crippen LogP contribution in [-0.4, -0.2) is 27.0 Å². The molecule has 0 aliphatic heterocycles. The molecule has 0 aliphatic rings. The second-order valence-corrected chi connectivity index (χ2v) is 3.63. The summed E-state index contributed by atoms with van der Waals surface area (Å²) >= 11 is 0. The van der Waals surface area contributed by atoms with E-state index in [1.807, 2.05) is 0 Å². The van der Waals surface area contributed by atoms with Crippen LogP contribution in [0.1, 0.15) is 16.1 Å². The van der Waals surface area contributed by atoms with E-state index in [1.54, 1.807) is 43.6 Å². The molecule has 0 spiro atoms. The molecule has 0 unspecified atom stereocenters. The summed E-state index contributed by atoms with van der Waals surface area (Å²) in [6.07, 6.45) is 3.04. The maximum atomic E-state index is 11.6. The van der Waals surface area contributed by atoms with Crippen LogP contribution in [-0.2, 0) is 7.05 Å². The van der Waals surface area contributed by atoms with Crippen LogP contribution in [0.25, 0.3) is 0 Å². The highest BCUT2D eigenvalue weighted by molar-refractivity contribution is 5.93. The van der Waals surface area contributed by atoms with Crippen LogP contribution in [0.4, 0.5) is 0 Å². The Morgan fingerprint density at radius 3 is 2.89 bits per heavy atom. The Hall–Kier alpha value is -2.63. The Bertz CT molecular complexity index is 589. The van der Waals surface area contributed by atoms with Crippen molar-refractivity contribution in [3.05, 3.63) is 47.8 Å². The Morgan fingerprint density at radius 2 is 2.22 bits per heavy atom. The summed E-state index contributed by atoms with van der Waals surface area (Å²) in [6.45, 7) is 0. The third kappa shape index (κ3) is 2.73. The van der Waals surface area contributed by atoms with Gasteiger partial charge in [0.15, 0.2) is 5.69 Å². The molecule has 1 heterocycles. The molecule has 0 bridgehead atoms. The number of phenols is 1. The van der Waals surface area contributed by atoms with Crippen LogP contribution in [0.2, 0.25) is 0 Å². The smallest absolute Gasteiger partial charge is 0.291 e. The zero-order chi connectivity index (χ0) is 13.0.